The lowest BCUT2D eigenvalue weighted by Gasteiger charge is -2.24. The van der Waals surface area contributed by atoms with Crippen molar-refractivity contribution in [3.63, 3.8) is 0 Å². The Balaban J connectivity index is 1.57. The maximum absolute atomic E-state index is 12.7. The molecular formula is C21H25N3O2S. The van der Waals surface area contributed by atoms with Gasteiger partial charge in [-0.05, 0) is 57.1 Å². The van der Waals surface area contributed by atoms with Crippen LogP contribution in [0.4, 0.5) is 5.69 Å². The minimum absolute atomic E-state index is 0.0658. The molecule has 0 aliphatic carbocycles. The Kier molecular flexibility index (Phi) is 6.90. The van der Waals surface area contributed by atoms with Gasteiger partial charge in [0.25, 0.3) is 5.91 Å². The largest absolute Gasteiger partial charge is 0.349 e. The minimum atomic E-state index is -0.0857. The number of piperidine rings is 1. The van der Waals surface area contributed by atoms with Crippen LogP contribution in [0.15, 0.2) is 53.4 Å². The van der Waals surface area contributed by atoms with Crippen molar-refractivity contribution < 1.29 is 9.59 Å². The molecule has 1 aliphatic rings. The van der Waals surface area contributed by atoms with E-state index in [1.54, 1.807) is 0 Å². The summed E-state index contributed by atoms with van der Waals surface area (Å²) in [6.45, 7) is 3.87. The molecule has 1 saturated heterocycles. The number of nitrogens with one attached hydrogen (secondary N) is 3. The summed E-state index contributed by atoms with van der Waals surface area (Å²) in [4.78, 5) is 25.7. The van der Waals surface area contributed by atoms with Crippen molar-refractivity contribution in [1.29, 1.82) is 0 Å². The van der Waals surface area contributed by atoms with Gasteiger partial charge in [-0.1, -0.05) is 29.8 Å². The molecule has 1 aliphatic heterocycles. The Hall–Kier alpha value is -2.31. The molecule has 0 aromatic heterocycles. The van der Waals surface area contributed by atoms with Gasteiger partial charge in [-0.3, -0.25) is 9.59 Å². The summed E-state index contributed by atoms with van der Waals surface area (Å²) in [6, 6.07) is 15.4. The molecule has 6 heteroatoms. The summed E-state index contributed by atoms with van der Waals surface area (Å²) < 4.78 is 0. The first-order valence-electron chi connectivity index (χ1n) is 9.22. The Labute approximate surface area is 164 Å². The summed E-state index contributed by atoms with van der Waals surface area (Å²) >= 11 is 1.38. The minimum Gasteiger partial charge on any atom is -0.349 e. The zero-order chi connectivity index (χ0) is 19.1. The smallest absolute Gasteiger partial charge is 0.252 e. The Morgan fingerprint density at radius 3 is 2.52 bits per heavy atom. The van der Waals surface area contributed by atoms with E-state index in [0.717, 1.165) is 42.1 Å². The van der Waals surface area contributed by atoms with E-state index in [-0.39, 0.29) is 23.6 Å². The SMILES string of the molecule is Cc1ccc(NC(=O)CSc2ccccc2C(=O)NC2CCNCC2)cc1. The number of aryl methyl sites for hydroxylation is 1. The normalized spacial score (nSPS) is 14.6. The molecule has 1 heterocycles. The summed E-state index contributed by atoms with van der Waals surface area (Å²) in [5, 5.41) is 9.30. The van der Waals surface area contributed by atoms with Gasteiger partial charge in [0.1, 0.15) is 0 Å². The van der Waals surface area contributed by atoms with E-state index < -0.39 is 0 Å². The van der Waals surface area contributed by atoms with E-state index in [4.69, 9.17) is 0 Å². The van der Waals surface area contributed by atoms with Crippen LogP contribution >= 0.6 is 11.8 Å². The van der Waals surface area contributed by atoms with E-state index in [9.17, 15) is 9.59 Å². The first kappa shape index (κ1) is 19.5. The number of hydrogen-bond donors (Lipinski definition) is 3. The number of anilines is 1. The maximum Gasteiger partial charge on any atom is 0.252 e. The highest BCUT2D eigenvalue weighted by Gasteiger charge is 2.18. The first-order chi connectivity index (χ1) is 13.1. The lowest BCUT2D eigenvalue weighted by atomic mass is 10.1. The molecule has 27 heavy (non-hydrogen) atoms. The van der Waals surface area contributed by atoms with Crippen LogP contribution < -0.4 is 16.0 Å². The molecule has 2 aromatic carbocycles. The predicted molar refractivity (Wildman–Crippen MR) is 110 cm³/mol. The zero-order valence-corrected chi connectivity index (χ0v) is 16.3. The summed E-state index contributed by atoms with van der Waals surface area (Å²) in [5.74, 6) is 0.104. The van der Waals surface area contributed by atoms with Crippen molar-refractivity contribution in [2.45, 2.75) is 30.7 Å². The van der Waals surface area contributed by atoms with Gasteiger partial charge < -0.3 is 16.0 Å². The van der Waals surface area contributed by atoms with Crippen molar-refractivity contribution >= 4 is 29.3 Å². The molecule has 0 saturated carbocycles. The molecule has 2 amide bonds. The van der Waals surface area contributed by atoms with Gasteiger partial charge in [0.05, 0.1) is 11.3 Å². The van der Waals surface area contributed by atoms with E-state index in [1.165, 1.54) is 11.8 Å². The van der Waals surface area contributed by atoms with Crippen LogP contribution in [0.5, 0.6) is 0 Å². The van der Waals surface area contributed by atoms with Gasteiger partial charge in [-0.25, -0.2) is 0 Å². The highest BCUT2D eigenvalue weighted by Crippen LogP contribution is 2.23. The van der Waals surface area contributed by atoms with Crippen molar-refractivity contribution in [1.82, 2.24) is 10.6 Å². The molecular weight excluding hydrogens is 358 g/mol. The molecule has 0 unspecified atom stereocenters. The molecule has 3 rings (SSSR count). The molecule has 1 fully saturated rings. The standard InChI is InChI=1S/C21H25N3O2S/c1-15-6-8-16(9-7-15)23-20(25)14-27-19-5-3-2-4-18(19)21(26)24-17-10-12-22-13-11-17/h2-9,17,22H,10-14H2,1H3,(H,23,25)(H,24,26). The highest BCUT2D eigenvalue weighted by atomic mass is 32.2. The highest BCUT2D eigenvalue weighted by molar-refractivity contribution is 8.00. The number of carbonyl (C=O) groups excluding carboxylic acids is 2. The second-order valence-corrected chi connectivity index (χ2v) is 7.71. The van der Waals surface area contributed by atoms with Crippen molar-refractivity contribution in [2.75, 3.05) is 24.2 Å². The predicted octanol–water partition coefficient (Wildman–Crippen LogP) is 3.21. The first-order valence-corrected chi connectivity index (χ1v) is 10.2. The van der Waals surface area contributed by atoms with Gasteiger partial charge in [0.15, 0.2) is 0 Å². The van der Waals surface area contributed by atoms with Crippen LogP contribution in [0.2, 0.25) is 0 Å². The third-order valence-electron chi connectivity index (χ3n) is 4.50. The number of benzene rings is 2. The number of carbonyl (C=O) groups is 2. The summed E-state index contributed by atoms with van der Waals surface area (Å²) in [7, 11) is 0. The third kappa shape index (κ3) is 5.84. The quantitative estimate of drug-likeness (QED) is 0.670. The van der Waals surface area contributed by atoms with Gasteiger partial charge >= 0.3 is 0 Å². The van der Waals surface area contributed by atoms with Crippen LogP contribution in [-0.2, 0) is 4.79 Å². The van der Waals surface area contributed by atoms with E-state index in [1.807, 2.05) is 55.5 Å². The molecule has 3 N–H and O–H groups in total. The van der Waals surface area contributed by atoms with Crippen molar-refractivity contribution in [3.05, 3.63) is 59.7 Å². The van der Waals surface area contributed by atoms with Crippen molar-refractivity contribution in [2.24, 2.45) is 0 Å². The fourth-order valence-corrected chi connectivity index (χ4v) is 3.84. The van der Waals surface area contributed by atoms with Gasteiger partial charge in [-0.15, -0.1) is 11.8 Å². The fraction of sp³-hybridized carbons (Fsp3) is 0.333. The summed E-state index contributed by atoms with van der Waals surface area (Å²) in [5.41, 5.74) is 2.56. The van der Waals surface area contributed by atoms with E-state index in [2.05, 4.69) is 16.0 Å². The molecule has 0 radical (unpaired) electrons. The zero-order valence-electron chi connectivity index (χ0n) is 15.5. The van der Waals surface area contributed by atoms with Crippen LogP contribution in [0.1, 0.15) is 28.8 Å². The Morgan fingerprint density at radius 2 is 1.78 bits per heavy atom. The number of rotatable bonds is 6. The number of thioether (sulfide) groups is 1. The monoisotopic (exact) mass is 383 g/mol. The molecule has 142 valence electrons. The number of hydrogen-bond acceptors (Lipinski definition) is 4. The third-order valence-corrected chi connectivity index (χ3v) is 5.57. The van der Waals surface area contributed by atoms with Crippen LogP contribution in [0.25, 0.3) is 0 Å². The maximum atomic E-state index is 12.7. The van der Waals surface area contributed by atoms with Crippen LogP contribution in [0.3, 0.4) is 0 Å². The Bertz CT molecular complexity index is 786. The van der Waals surface area contributed by atoms with Crippen molar-refractivity contribution in [3.8, 4) is 0 Å². The van der Waals surface area contributed by atoms with Crippen LogP contribution in [0, 0.1) is 6.92 Å². The topological polar surface area (TPSA) is 70.2 Å². The second kappa shape index (κ2) is 9.58. The fourth-order valence-electron chi connectivity index (χ4n) is 2.99. The van der Waals surface area contributed by atoms with Crippen LogP contribution in [-0.4, -0.2) is 36.7 Å². The van der Waals surface area contributed by atoms with Gasteiger partial charge in [0.2, 0.25) is 5.91 Å². The average molecular weight is 384 g/mol. The summed E-state index contributed by atoms with van der Waals surface area (Å²) in [6.07, 6.45) is 1.89. The van der Waals surface area contributed by atoms with E-state index >= 15 is 0 Å². The number of amides is 2. The lowest BCUT2D eigenvalue weighted by molar-refractivity contribution is -0.113. The van der Waals surface area contributed by atoms with Gasteiger partial charge in [0, 0.05) is 16.6 Å². The molecule has 0 bridgehead atoms. The second-order valence-electron chi connectivity index (χ2n) is 6.70. The molecule has 0 atom stereocenters. The lowest BCUT2D eigenvalue weighted by Crippen LogP contribution is -2.42. The van der Waals surface area contributed by atoms with Gasteiger partial charge in [-0.2, -0.15) is 0 Å². The molecule has 2 aromatic rings. The molecule has 0 spiro atoms. The average Bonchev–Trinajstić information content (AvgIpc) is 2.69. The molecule has 5 nitrogen and oxygen atoms in total. The Morgan fingerprint density at radius 1 is 1.07 bits per heavy atom. The van der Waals surface area contributed by atoms with E-state index in [0.29, 0.717) is 5.56 Å².